The Morgan fingerprint density at radius 1 is 0.718 bits per heavy atom. The van der Waals surface area contributed by atoms with Crippen LogP contribution in [0.3, 0.4) is 0 Å². The van der Waals surface area contributed by atoms with Gasteiger partial charge in [-0.05, 0) is 26.0 Å². The molecule has 15 heteroatoms. The summed E-state index contributed by atoms with van der Waals surface area (Å²) < 4.78 is 22.3. The highest BCUT2D eigenvalue weighted by molar-refractivity contribution is 8.03. The summed E-state index contributed by atoms with van der Waals surface area (Å²) in [6, 6.07) is 6.22. The largest absolute Gasteiger partial charge is 0.454 e. The Balaban J connectivity index is 1.13. The first-order valence-electron chi connectivity index (χ1n) is 11.3. The van der Waals surface area contributed by atoms with Crippen molar-refractivity contribution in [2.24, 2.45) is 0 Å². The molecule has 0 saturated heterocycles. The highest BCUT2D eigenvalue weighted by Crippen LogP contribution is 2.39. The topological polar surface area (TPSA) is 155 Å². The SMILES string of the molecule is CC(=O)c1cc2c(cc1NC(=O)CSc1nnc(SCC(=O)Nc3cc4c(cc3C(C)=O)OCO4)s1)OCO2. The zero-order valence-corrected chi connectivity index (χ0v) is 23.0. The van der Waals surface area contributed by atoms with E-state index in [1.54, 1.807) is 24.3 Å². The van der Waals surface area contributed by atoms with Crippen LogP contribution >= 0.6 is 34.9 Å². The molecule has 202 valence electrons. The number of anilines is 2. The van der Waals surface area contributed by atoms with Crippen molar-refractivity contribution in [2.75, 3.05) is 35.7 Å². The Kier molecular flexibility index (Phi) is 7.90. The monoisotopic (exact) mass is 588 g/mol. The summed E-state index contributed by atoms with van der Waals surface area (Å²) >= 11 is 3.59. The molecule has 5 rings (SSSR count). The lowest BCUT2D eigenvalue weighted by atomic mass is 10.1. The molecule has 0 atom stereocenters. The second kappa shape index (κ2) is 11.5. The standard InChI is InChI=1S/C24H20N4O8S3/c1-11(29)13-3-17-19(35-9-33-17)5-15(13)25-21(31)7-37-23-27-28-24(39-23)38-8-22(32)26-16-6-20-18(34-10-36-20)4-14(16)12(2)30/h3-6H,7-10H2,1-2H3,(H,25,31)(H,26,32). The summed E-state index contributed by atoms with van der Waals surface area (Å²) in [4.78, 5) is 49.1. The van der Waals surface area contributed by atoms with E-state index in [9.17, 15) is 19.2 Å². The highest BCUT2D eigenvalue weighted by Gasteiger charge is 2.22. The number of aromatic nitrogens is 2. The number of ether oxygens (including phenoxy) is 4. The average Bonchev–Trinajstić information content (AvgIpc) is 3.65. The number of nitrogens with one attached hydrogen (secondary N) is 2. The molecule has 2 amide bonds. The quantitative estimate of drug-likeness (QED) is 0.261. The Hall–Kier alpha value is -3.82. The van der Waals surface area contributed by atoms with Crippen molar-refractivity contribution >= 4 is 69.6 Å². The molecule has 1 aromatic heterocycles. The van der Waals surface area contributed by atoms with E-state index < -0.39 is 0 Å². The Morgan fingerprint density at radius 3 is 1.49 bits per heavy atom. The van der Waals surface area contributed by atoms with Crippen molar-refractivity contribution in [2.45, 2.75) is 22.5 Å². The minimum Gasteiger partial charge on any atom is -0.454 e. The van der Waals surface area contributed by atoms with Gasteiger partial charge in [0.15, 0.2) is 43.2 Å². The van der Waals surface area contributed by atoms with Crippen LogP contribution in [0, 0.1) is 0 Å². The van der Waals surface area contributed by atoms with Crippen LogP contribution in [-0.4, -0.2) is 58.7 Å². The van der Waals surface area contributed by atoms with E-state index in [2.05, 4.69) is 20.8 Å². The van der Waals surface area contributed by atoms with Crippen molar-refractivity contribution in [3.63, 3.8) is 0 Å². The molecule has 12 nitrogen and oxygen atoms in total. The summed E-state index contributed by atoms with van der Waals surface area (Å²) in [5, 5.41) is 13.6. The fraction of sp³-hybridized carbons (Fsp3) is 0.250. The van der Waals surface area contributed by atoms with Crippen LogP contribution in [0.4, 0.5) is 11.4 Å². The first kappa shape index (κ1) is 26.8. The van der Waals surface area contributed by atoms with E-state index >= 15 is 0 Å². The Bertz CT molecular complexity index is 1380. The third kappa shape index (κ3) is 6.26. The molecule has 2 aliphatic rings. The van der Waals surface area contributed by atoms with Gasteiger partial charge in [0.2, 0.25) is 25.4 Å². The van der Waals surface area contributed by atoms with Gasteiger partial charge in [-0.2, -0.15) is 0 Å². The van der Waals surface area contributed by atoms with E-state index in [1.807, 2.05) is 0 Å². The van der Waals surface area contributed by atoms with Crippen LogP contribution in [0.2, 0.25) is 0 Å². The van der Waals surface area contributed by atoms with Gasteiger partial charge in [-0.1, -0.05) is 34.9 Å². The van der Waals surface area contributed by atoms with Crippen molar-refractivity contribution in [3.8, 4) is 23.0 Å². The van der Waals surface area contributed by atoms with Gasteiger partial charge in [0.25, 0.3) is 0 Å². The van der Waals surface area contributed by atoms with Crippen molar-refractivity contribution in [1.82, 2.24) is 10.2 Å². The fourth-order valence-corrected chi connectivity index (χ4v) is 6.23. The van der Waals surface area contributed by atoms with Crippen molar-refractivity contribution in [1.29, 1.82) is 0 Å². The first-order valence-corrected chi connectivity index (χ1v) is 14.1. The normalized spacial score (nSPS) is 12.8. The predicted octanol–water partition coefficient (Wildman–Crippen LogP) is 3.86. The smallest absolute Gasteiger partial charge is 0.234 e. The van der Waals surface area contributed by atoms with E-state index in [0.717, 1.165) is 0 Å². The predicted molar refractivity (Wildman–Crippen MR) is 144 cm³/mol. The lowest BCUT2D eigenvalue weighted by Crippen LogP contribution is -2.16. The number of carbonyl (C=O) groups is 4. The van der Waals surface area contributed by atoms with Gasteiger partial charge < -0.3 is 29.6 Å². The molecular formula is C24H20N4O8S3. The number of rotatable bonds is 10. The zero-order chi connectivity index (χ0) is 27.5. The second-order valence-corrected chi connectivity index (χ2v) is 11.5. The molecule has 0 fully saturated rings. The summed E-state index contributed by atoms with van der Waals surface area (Å²) in [6.07, 6.45) is 0. The minimum absolute atomic E-state index is 0.0313. The van der Waals surface area contributed by atoms with Crippen LogP contribution in [0.5, 0.6) is 23.0 Å². The molecule has 0 aliphatic carbocycles. The number of carbonyl (C=O) groups excluding carboxylic acids is 4. The maximum Gasteiger partial charge on any atom is 0.234 e. The van der Waals surface area contributed by atoms with Crippen molar-refractivity contribution in [3.05, 3.63) is 35.4 Å². The first-order chi connectivity index (χ1) is 18.8. The van der Waals surface area contributed by atoms with Crippen LogP contribution < -0.4 is 29.6 Å². The molecule has 0 unspecified atom stereocenters. The van der Waals surface area contributed by atoms with Gasteiger partial charge in [-0.15, -0.1) is 10.2 Å². The maximum absolute atomic E-state index is 12.5. The molecule has 39 heavy (non-hydrogen) atoms. The number of ketones is 2. The van der Waals surface area contributed by atoms with Gasteiger partial charge in [0, 0.05) is 23.3 Å². The molecule has 3 heterocycles. The number of benzene rings is 2. The summed E-state index contributed by atoms with van der Waals surface area (Å²) in [5.74, 6) is 0.760. The summed E-state index contributed by atoms with van der Waals surface area (Å²) in [6.45, 7) is 2.91. The van der Waals surface area contributed by atoms with Crippen LogP contribution in [-0.2, 0) is 9.59 Å². The van der Waals surface area contributed by atoms with E-state index in [-0.39, 0.29) is 48.5 Å². The molecule has 0 bridgehead atoms. The number of thioether (sulfide) groups is 2. The lowest BCUT2D eigenvalue weighted by molar-refractivity contribution is -0.114. The van der Waals surface area contributed by atoms with E-state index in [0.29, 0.717) is 54.2 Å². The Morgan fingerprint density at radius 2 is 1.10 bits per heavy atom. The number of hydrogen-bond acceptors (Lipinski definition) is 13. The van der Waals surface area contributed by atoms with Gasteiger partial charge in [-0.3, -0.25) is 19.2 Å². The fourth-order valence-electron chi connectivity index (χ4n) is 3.61. The summed E-state index contributed by atoms with van der Waals surface area (Å²) in [7, 11) is 0. The molecular weight excluding hydrogens is 568 g/mol. The lowest BCUT2D eigenvalue weighted by Gasteiger charge is -2.10. The molecule has 0 saturated carbocycles. The number of Topliss-reactive ketones (excluding diaryl/α,β-unsaturated/α-hetero) is 2. The molecule has 2 N–H and O–H groups in total. The Labute approximate surface area is 234 Å². The average molecular weight is 589 g/mol. The second-order valence-electron chi connectivity index (χ2n) is 8.12. The number of fused-ring (bicyclic) bond motifs is 2. The molecule has 3 aromatic rings. The molecule has 0 spiro atoms. The van der Waals surface area contributed by atoms with Crippen LogP contribution in [0.1, 0.15) is 34.6 Å². The number of hydrogen-bond donors (Lipinski definition) is 2. The minimum atomic E-state index is -0.338. The van der Waals surface area contributed by atoms with E-state index in [4.69, 9.17) is 18.9 Å². The third-order valence-corrected chi connectivity index (χ3v) is 8.56. The highest BCUT2D eigenvalue weighted by atomic mass is 32.2. The van der Waals surface area contributed by atoms with Gasteiger partial charge in [-0.25, -0.2) is 0 Å². The van der Waals surface area contributed by atoms with Crippen LogP contribution in [0.15, 0.2) is 32.9 Å². The zero-order valence-electron chi connectivity index (χ0n) is 20.5. The number of amides is 2. The molecule has 2 aromatic carbocycles. The maximum atomic E-state index is 12.5. The van der Waals surface area contributed by atoms with Crippen LogP contribution in [0.25, 0.3) is 0 Å². The molecule has 2 aliphatic heterocycles. The van der Waals surface area contributed by atoms with Gasteiger partial charge in [0.1, 0.15) is 0 Å². The van der Waals surface area contributed by atoms with Gasteiger partial charge >= 0.3 is 0 Å². The van der Waals surface area contributed by atoms with E-state index in [1.165, 1.54) is 48.7 Å². The summed E-state index contributed by atoms with van der Waals surface area (Å²) in [5.41, 5.74) is 1.32. The van der Waals surface area contributed by atoms with Crippen molar-refractivity contribution < 1.29 is 38.1 Å². The molecule has 0 radical (unpaired) electrons. The van der Waals surface area contributed by atoms with Gasteiger partial charge in [0.05, 0.1) is 22.9 Å². The number of nitrogens with zero attached hydrogens (tertiary/aromatic N) is 2. The third-order valence-electron chi connectivity index (χ3n) is 5.37.